The van der Waals surface area contributed by atoms with E-state index in [1.807, 2.05) is 30.5 Å². The average Bonchev–Trinajstić information content (AvgIpc) is 3.33. The zero-order valence-electron chi connectivity index (χ0n) is 21.6. The van der Waals surface area contributed by atoms with Gasteiger partial charge < -0.3 is 15.2 Å². The van der Waals surface area contributed by atoms with E-state index in [2.05, 4.69) is 24.4 Å². The molecule has 36 heavy (non-hydrogen) atoms. The highest BCUT2D eigenvalue weighted by molar-refractivity contribution is 7.09. The molecule has 1 saturated carbocycles. The summed E-state index contributed by atoms with van der Waals surface area (Å²) in [5, 5.41) is 15.2. The number of thiazole rings is 1. The van der Waals surface area contributed by atoms with E-state index in [-0.39, 0.29) is 23.4 Å². The summed E-state index contributed by atoms with van der Waals surface area (Å²) >= 11 is 1.52. The second-order valence-corrected chi connectivity index (χ2v) is 10.5. The van der Waals surface area contributed by atoms with Crippen molar-refractivity contribution in [3.63, 3.8) is 0 Å². The molecule has 194 valence electrons. The van der Waals surface area contributed by atoms with Crippen LogP contribution in [0.5, 0.6) is 5.75 Å². The Morgan fingerprint density at radius 2 is 1.92 bits per heavy atom. The molecular weight excluding hydrogens is 472 g/mol. The number of carboxylic acid groups (broad SMARTS) is 1. The third kappa shape index (κ3) is 8.63. The second-order valence-electron chi connectivity index (χ2n) is 9.58. The van der Waals surface area contributed by atoms with Crippen LogP contribution in [0, 0.1) is 5.92 Å². The number of benzene rings is 1. The summed E-state index contributed by atoms with van der Waals surface area (Å²) in [6.07, 6.45) is 11.6. The van der Waals surface area contributed by atoms with E-state index in [9.17, 15) is 9.59 Å². The third-order valence-corrected chi connectivity index (χ3v) is 7.39. The Hall–Kier alpha value is -2.93. The van der Waals surface area contributed by atoms with Crippen molar-refractivity contribution < 1.29 is 19.4 Å². The average molecular weight is 511 g/mol. The lowest BCUT2D eigenvalue weighted by Crippen LogP contribution is -2.35. The predicted octanol–water partition coefficient (Wildman–Crippen LogP) is 6.74. The molecule has 1 atom stereocenters. The van der Waals surface area contributed by atoms with Crippen molar-refractivity contribution in [2.24, 2.45) is 5.92 Å². The molecule has 0 unspecified atom stereocenters. The number of aliphatic carboxylic acids is 1. The fourth-order valence-electron chi connectivity index (χ4n) is 4.35. The Morgan fingerprint density at radius 1 is 1.19 bits per heavy atom. The molecule has 1 fully saturated rings. The maximum absolute atomic E-state index is 13.1. The fourth-order valence-corrected chi connectivity index (χ4v) is 5.18. The lowest BCUT2D eigenvalue weighted by atomic mass is 9.88. The Kier molecular flexibility index (Phi) is 10.7. The number of carbonyl (C=O) groups excluding carboxylic acids is 1. The lowest BCUT2D eigenvalue weighted by molar-refractivity contribution is -0.132. The van der Waals surface area contributed by atoms with Gasteiger partial charge in [0.1, 0.15) is 10.8 Å². The highest BCUT2D eigenvalue weighted by atomic mass is 32.1. The molecule has 2 N–H and O–H groups in total. The Morgan fingerprint density at radius 3 is 2.58 bits per heavy atom. The molecule has 0 bridgehead atoms. The molecule has 3 rings (SSSR count). The van der Waals surface area contributed by atoms with Gasteiger partial charge in [-0.1, -0.05) is 44.7 Å². The number of ether oxygens (including phenoxy) is 1. The predicted molar refractivity (Wildman–Crippen MR) is 145 cm³/mol. The van der Waals surface area contributed by atoms with Crippen LogP contribution in [-0.4, -0.2) is 28.6 Å². The number of hydrogen-bond acceptors (Lipinski definition) is 5. The summed E-state index contributed by atoms with van der Waals surface area (Å²) in [5.41, 5.74) is 2.96. The maximum atomic E-state index is 13.1. The number of nitrogens with one attached hydrogen (secondary N) is 1. The van der Waals surface area contributed by atoms with Crippen molar-refractivity contribution in [1.29, 1.82) is 0 Å². The van der Waals surface area contributed by atoms with Crippen LogP contribution in [0.3, 0.4) is 0 Å². The smallest absolute Gasteiger partial charge is 0.331 e. The molecule has 1 aromatic carbocycles. The normalized spacial score (nSPS) is 16.0. The zero-order chi connectivity index (χ0) is 25.9. The monoisotopic (exact) mass is 510 g/mol. The summed E-state index contributed by atoms with van der Waals surface area (Å²) in [4.78, 5) is 29.0. The van der Waals surface area contributed by atoms with Crippen molar-refractivity contribution in [3.05, 3.63) is 63.1 Å². The summed E-state index contributed by atoms with van der Waals surface area (Å²) in [6.45, 7) is 6.29. The molecule has 0 radical (unpaired) electrons. The van der Waals surface area contributed by atoms with Gasteiger partial charge in [0, 0.05) is 16.9 Å². The quantitative estimate of drug-likeness (QED) is 0.188. The minimum Gasteiger partial charge on any atom is -0.494 e. The van der Waals surface area contributed by atoms with Gasteiger partial charge in [-0.15, -0.1) is 11.3 Å². The van der Waals surface area contributed by atoms with E-state index in [0.717, 1.165) is 66.1 Å². The number of hydrogen-bond donors (Lipinski definition) is 2. The first-order valence-corrected chi connectivity index (χ1v) is 13.8. The molecule has 6 nitrogen and oxygen atoms in total. The molecule has 1 aromatic heterocycles. The molecule has 1 amide bonds. The van der Waals surface area contributed by atoms with Gasteiger partial charge in [-0.25, -0.2) is 9.78 Å². The van der Waals surface area contributed by atoms with E-state index in [4.69, 9.17) is 14.8 Å². The topological polar surface area (TPSA) is 88.5 Å². The van der Waals surface area contributed by atoms with E-state index >= 15 is 0 Å². The number of carbonyl (C=O) groups is 2. The van der Waals surface area contributed by atoms with Crippen LogP contribution in [0.2, 0.25) is 0 Å². The van der Waals surface area contributed by atoms with Gasteiger partial charge in [0.15, 0.2) is 0 Å². The highest BCUT2D eigenvalue weighted by Crippen LogP contribution is 2.28. The molecular formula is C29H38N2O4S. The molecule has 2 aromatic rings. The summed E-state index contributed by atoms with van der Waals surface area (Å²) < 4.78 is 5.79. The van der Waals surface area contributed by atoms with Crippen LogP contribution in [0.1, 0.15) is 88.0 Å². The summed E-state index contributed by atoms with van der Waals surface area (Å²) in [6, 6.07) is 7.86. The van der Waals surface area contributed by atoms with Crippen molar-refractivity contribution in [2.45, 2.75) is 78.2 Å². The highest BCUT2D eigenvalue weighted by Gasteiger charge is 2.25. The minimum atomic E-state index is -0.936. The Bertz CT molecular complexity index is 1070. The number of unbranched alkanes of at least 4 members (excludes halogenated alkanes) is 1. The first-order valence-electron chi connectivity index (χ1n) is 12.9. The molecule has 7 heteroatoms. The first kappa shape index (κ1) is 27.7. The van der Waals surface area contributed by atoms with Gasteiger partial charge in [-0.05, 0) is 75.0 Å². The largest absolute Gasteiger partial charge is 0.494 e. The Balaban J connectivity index is 1.77. The van der Waals surface area contributed by atoms with E-state index in [1.54, 1.807) is 13.0 Å². The number of carboxylic acids is 1. The van der Waals surface area contributed by atoms with Crippen molar-refractivity contribution >= 4 is 29.3 Å². The molecule has 0 spiro atoms. The van der Waals surface area contributed by atoms with E-state index < -0.39 is 5.97 Å². The summed E-state index contributed by atoms with van der Waals surface area (Å²) in [7, 11) is 0. The first-order chi connectivity index (χ1) is 17.4. The molecule has 1 aliphatic carbocycles. The number of rotatable bonds is 12. The van der Waals surface area contributed by atoms with Crippen molar-refractivity contribution in [3.8, 4) is 5.75 Å². The van der Waals surface area contributed by atoms with Gasteiger partial charge in [-0.3, -0.25) is 4.79 Å². The van der Waals surface area contributed by atoms with Crippen LogP contribution < -0.4 is 10.1 Å². The standard InChI is InChI=1S/C29H38N2O4S/c1-4-5-15-35-25-13-11-22(12-14-25)18-26(31-27(32)23-9-7-6-8-10-23)28-30-24(19-36-28)17-20(2)16-21(3)29(33)34/h11-14,16-17,19,23,26H,4-10,15,18H2,1-3H3,(H,31,32)(H,33,34)/b20-17+,21-16-/t26-/m0/s1. The number of nitrogens with zero attached hydrogens (tertiary/aromatic N) is 1. The van der Waals surface area contributed by atoms with Gasteiger partial charge in [0.25, 0.3) is 0 Å². The van der Waals surface area contributed by atoms with Gasteiger partial charge >= 0.3 is 5.97 Å². The maximum Gasteiger partial charge on any atom is 0.331 e. The molecule has 0 saturated heterocycles. The lowest BCUT2D eigenvalue weighted by Gasteiger charge is -2.24. The van der Waals surface area contributed by atoms with Crippen LogP contribution >= 0.6 is 11.3 Å². The van der Waals surface area contributed by atoms with Crippen molar-refractivity contribution in [2.75, 3.05) is 6.61 Å². The molecule has 0 aliphatic heterocycles. The van der Waals surface area contributed by atoms with Crippen LogP contribution in [-0.2, 0) is 16.0 Å². The van der Waals surface area contributed by atoms with E-state index in [0.29, 0.717) is 13.0 Å². The van der Waals surface area contributed by atoms with Gasteiger partial charge in [-0.2, -0.15) is 0 Å². The molecule has 1 aliphatic rings. The van der Waals surface area contributed by atoms with Gasteiger partial charge in [0.2, 0.25) is 5.91 Å². The van der Waals surface area contributed by atoms with Gasteiger partial charge in [0.05, 0.1) is 18.3 Å². The van der Waals surface area contributed by atoms with E-state index in [1.165, 1.54) is 17.8 Å². The number of allylic oxidation sites excluding steroid dienone is 2. The SMILES string of the molecule is CCCCOc1ccc(C[C@H](NC(=O)C2CCCCC2)c2nc(/C=C(C)/C=C(/C)C(=O)O)cs2)cc1. The fraction of sp³-hybridized carbons (Fsp3) is 0.483. The van der Waals surface area contributed by atoms with Crippen molar-refractivity contribution in [1.82, 2.24) is 10.3 Å². The Labute approximate surface area is 218 Å². The number of amides is 1. The zero-order valence-corrected chi connectivity index (χ0v) is 22.4. The third-order valence-electron chi connectivity index (χ3n) is 6.42. The minimum absolute atomic E-state index is 0.0706. The van der Waals surface area contributed by atoms with Crippen LogP contribution in [0.15, 0.2) is 46.9 Å². The number of aromatic nitrogens is 1. The second kappa shape index (κ2) is 14.0. The van der Waals surface area contributed by atoms with Crippen LogP contribution in [0.25, 0.3) is 6.08 Å². The van der Waals surface area contributed by atoms with Crippen LogP contribution in [0.4, 0.5) is 0 Å². The molecule has 1 heterocycles. The summed E-state index contributed by atoms with van der Waals surface area (Å²) in [5.74, 6) is 0.106.